The summed E-state index contributed by atoms with van der Waals surface area (Å²) < 4.78 is 10.5. The van der Waals surface area contributed by atoms with Crippen molar-refractivity contribution in [3.05, 3.63) is 63.7 Å². The summed E-state index contributed by atoms with van der Waals surface area (Å²) in [5, 5.41) is 13.7. The molecule has 0 saturated heterocycles. The van der Waals surface area contributed by atoms with Crippen molar-refractivity contribution in [1.82, 2.24) is 5.32 Å². The van der Waals surface area contributed by atoms with Crippen LogP contribution in [0.1, 0.15) is 31.0 Å². The first-order chi connectivity index (χ1) is 12.4. The maximum atomic E-state index is 12.1. The Balaban J connectivity index is 1.97. The number of carbonyl (C=O) groups is 1. The lowest BCUT2D eigenvalue weighted by molar-refractivity contribution is -0.385. The molecular formula is C19H22N2O5. The lowest BCUT2D eigenvalue weighted by Gasteiger charge is -2.16. The van der Waals surface area contributed by atoms with Crippen LogP contribution in [0.15, 0.2) is 42.5 Å². The van der Waals surface area contributed by atoms with Crippen LogP contribution in [0.5, 0.6) is 11.5 Å². The number of carbonyl (C=O) groups excluding carboxylic acids is 1. The van der Waals surface area contributed by atoms with Crippen molar-refractivity contribution in [1.29, 1.82) is 0 Å². The molecule has 0 aromatic heterocycles. The van der Waals surface area contributed by atoms with Crippen molar-refractivity contribution in [3.63, 3.8) is 0 Å². The first kappa shape index (κ1) is 19.2. The standard InChI is InChI=1S/C19H22N2O5/c1-4-14-5-7-15(8-6-14)13(2)20-19(22)12-26-18-11-16(21(23)24)9-10-17(18)25-3/h5-11,13H,4,12H2,1-3H3,(H,20,22). The molecule has 0 saturated carbocycles. The van der Waals surface area contributed by atoms with Gasteiger partial charge in [-0.15, -0.1) is 0 Å². The molecule has 1 amide bonds. The highest BCUT2D eigenvalue weighted by Crippen LogP contribution is 2.31. The van der Waals surface area contributed by atoms with Crippen LogP contribution in [0.2, 0.25) is 0 Å². The van der Waals surface area contributed by atoms with Crippen LogP contribution >= 0.6 is 0 Å². The van der Waals surface area contributed by atoms with Crippen molar-refractivity contribution in [2.75, 3.05) is 13.7 Å². The van der Waals surface area contributed by atoms with Gasteiger partial charge in [-0.1, -0.05) is 31.2 Å². The molecule has 0 aliphatic carbocycles. The normalized spacial score (nSPS) is 11.5. The molecule has 7 heteroatoms. The quantitative estimate of drug-likeness (QED) is 0.577. The summed E-state index contributed by atoms with van der Waals surface area (Å²) in [5.74, 6) is 0.147. The van der Waals surface area contributed by atoms with E-state index in [1.165, 1.54) is 30.9 Å². The van der Waals surface area contributed by atoms with E-state index in [0.717, 1.165) is 12.0 Å². The van der Waals surface area contributed by atoms with Crippen molar-refractivity contribution in [2.45, 2.75) is 26.3 Å². The summed E-state index contributed by atoms with van der Waals surface area (Å²) in [7, 11) is 1.43. The molecule has 2 aromatic rings. The molecule has 26 heavy (non-hydrogen) atoms. The molecule has 0 aliphatic rings. The molecule has 1 unspecified atom stereocenters. The molecule has 0 bridgehead atoms. The van der Waals surface area contributed by atoms with E-state index >= 15 is 0 Å². The second kappa shape index (κ2) is 8.84. The lowest BCUT2D eigenvalue weighted by Crippen LogP contribution is -2.31. The maximum absolute atomic E-state index is 12.1. The molecule has 0 spiro atoms. The molecule has 0 heterocycles. The van der Waals surface area contributed by atoms with E-state index in [9.17, 15) is 14.9 Å². The predicted molar refractivity (Wildman–Crippen MR) is 97.5 cm³/mol. The Hall–Kier alpha value is -3.09. The van der Waals surface area contributed by atoms with Crippen molar-refractivity contribution in [2.24, 2.45) is 0 Å². The van der Waals surface area contributed by atoms with Gasteiger partial charge in [-0.25, -0.2) is 0 Å². The molecule has 0 fully saturated rings. The number of nitrogens with one attached hydrogen (secondary N) is 1. The smallest absolute Gasteiger partial charge is 0.273 e. The number of amides is 1. The van der Waals surface area contributed by atoms with Gasteiger partial charge in [0.15, 0.2) is 18.1 Å². The van der Waals surface area contributed by atoms with Crippen molar-refractivity contribution < 1.29 is 19.2 Å². The van der Waals surface area contributed by atoms with E-state index in [-0.39, 0.29) is 30.0 Å². The first-order valence-electron chi connectivity index (χ1n) is 8.28. The summed E-state index contributed by atoms with van der Waals surface area (Å²) in [6.07, 6.45) is 0.958. The summed E-state index contributed by atoms with van der Waals surface area (Å²) in [5.41, 5.74) is 2.09. The van der Waals surface area contributed by atoms with Gasteiger partial charge in [-0.3, -0.25) is 14.9 Å². The number of methoxy groups -OCH3 is 1. The molecule has 1 atom stereocenters. The molecule has 1 N–H and O–H groups in total. The minimum absolute atomic E-state index is 0.134. The Morgan fingerprint density at radius 1 is 1.19 bits per heavy atom. The molecule has 2 aromatic carbocycles. The fourth-order valence-electron chi connectivity index (χ4n) is 2.44. The van der Waals surface area contributed by atoms with E-state index in [1.54, 1.807) is 0 Å². The third kappa shape index (κ3) is 4.95. The van der Waals surface area contributed by atoms with E-state index in [4.69, 9.17) is 9.47 Å². The van der Waals surface area contributed by atoms with Crippen LogP contribution in [0.25, 0.3) is 0 Å². The van der Waals surface area contributed by atoms with Crippen molar-refractivity contribution >= 4 is 11.6 Å². The zero-order valence-electron chi connectivity index (χ0n) is 15.0. The number of rotatable bonds is 8. The van der Waals surface area contributed by atoms with Gasteiger partial charge in [-0.2, -0.15) is 0 Å². The van der Waals surface area contributed by atoms with Crippen LogP contribution in [0.4, 0.5) is 5.69 Å². The molecule has 138 valence electrons. The van der Waals surface area contributed by atoms with Crippen LogP contribution < -0.4 is 14.8 Å². The number of hydrogen-bond donors (Lipinski definition) is 1. The SMILES string of the molecule is CCc1ccc(C(C)NC(=O)COc2cc([N+](=O)[O-])ccc2OC)cc1. The number of nitro benzene ring substituents is 1. The second-order valence-electron chi connectivity index (χ2n) is 5.77. The number of nitro groups is 1. The van der Waals surface area contributed by atoms with Crippen LogP contribution in [0, 0.1) is 10.1 Å². The molecule has 7 nitrogen and oxygen atoms in total. The number of aryl methyl sites for hydroxylation is 1. The zero-order chi connectivity index (χ0) is 19.1. The Kier molecular flexibility index (Phi) is 6.54. The Morgan fingerprint density at radius 2 is 1.88 bits per heavy atom. The van der Waals surface area contributed by atoms with Gasteiger partial charge in [0.2, 0.25) is 0 Å². The van der Waals surface area contributed by atoms with Gasteiger partial charge < -0.3 is 14.8 Å². The minimum atomic E-state index is -0.533. The molecular weight excluding hydrogens is 336 g/mol. The van der Waals surface area contributed by atoms with Gasteiger partial charge >= 0.3 is 0 Å². The highest BCUT2D eigenvalue weighted by Gasteiger charge is 2.15. The van der Waals surface area contributed by atoms with Crippen molar-refractivity contribution in [3.8, 4) is 11.5 Å². The molecule has 0 aliphatic heterocycles. The Labute approximate surface area is 152 Å². The molecule has 2 rings (SSSR count). The zero-order valence-corrected chi connectivity index (χ0v) is 15.0. The van der Waals surface area contributed by atoms with Crippen LogP contribution in [-0.2, 0) is 11.2 Å². The summed E-state index contributed by atoms with van der Waals surface area (Å²) in [6.45, 7) is 3.70. The number of hydrogen-bond acceptors (Lipinski definition) is 5. The maximum Gasteiger partial charge on any atom is 0.273 e. The fraction of sp³-hybridized carbons (Fsp3) is 0.316. The topological polar surface area (TPSA) is 90.7 Å². The van der Waals surface area contributed by atoms with E-state index < -0.39 is 4.92 Å². The van der Waals surface area contributed by atoms with Gasteiger partial charge in [0.05, 0.1) is 24.1 Å². The summed E-state index contributed by atoms with van der Waals surface area (Å²) in [4.78, 5) is 22.5. The van der Waals surface area contributed by atoms with Gasteiger partial charge in [-0.05, 0) is 30.5 Å². The number of non-ortho nitro benzene ring substituents is 1. The van der Waals surface area contributed by atoms with Gasteiger partial charge in [0.25, 0.3) is 11.6 Å². The Bertz CT molecular complexity index is 774. The highest BCUT2D eigenvalue weighted by atomic mass is 16.6. The predicted octanol–water partition coefficient (Wildman–Crippen LogP) is 3.42. The summed E-state index contributed by atoms with van der Waals surface area (Å²) in [6, 6.07) is 11.8. The monoisotopic (exact) mass is 358 g/mol. The van der Waals surface area contributed by atoms with E-state index in [2.05, 4.69) is 12.2 Å². The van der Waals surface area contributed by atoms with Crippen LogP contribution in [-0.4, -0.2) is 24.5 Å². The van der Waals surface area contributed by atoms with Gasteiger partial charge in [0.1, 0.15) is 0 Å². The average molecular weight is 358 g/mol. The Morgan fingerprint density at radius 3 is 2.46 bits per heavy atom. The van der Waals surface area contributed by atoms with Gasteiger partial charge in [0, 0.05) is 6.07 Å². The summed E-state index contributed by atoms with van der Waals surface area (Å²) >= 11 is 0. The third-order valence-corrected chi connectivity index (χ3v) is 3.98. The lowest BCUT2D eigenvalue weighted by atomic mass is 10.1. The van der Waals surface area contributed by atoms with E-state index in [0.29, 0.717) is 5.75 Å². The number of benzene rings is 2. The first-order valence-corrected chi connectivity index (χ1v) is 8.28. The highest BCUT2D eigenvalue weighted by molar-refractivity contribution is 5.78. The second-order valence-corrected chi connectivity index (χ2v) is 5.77. The third-order valence-electron chi connectivity index (χ3n) is 3.98. The fourth-order valence-corrected chi connectivity index (χ4v) is 2.44. The minimum Gasteiger partial charge on any atom is -0.493 e. The number of nitrogens with zero attached hydrogens (tertiary/aromatic N) is 1. The molecule has 0 radical (unpaired) electrons. The largest absolute Gasteiger partial charge is 0.493 e. The van der Waals surface area contributed by atoms with E-state index in [1.807, 2.05) is 31.2 Å². The average Bonchev–Trinajstić information content (AvgIpc) is 2.66. The van der Waals surface area contributed by atoms with Crippen LogP contribution in [0.3, 0.4) is 0 Å². The number of ether oxygens (including phenoxy) is 2.